The number of esters is 1. The van der Waals surface area contributed by atoms with Gasteiger partial charge in [-0.3, -0.25) is 4.79 Å². The number of carbonyl (C=O) groups excluding carboxylic acids is 1. The second-order valence-electron chi connectivity index (χ2n) is 3.23. The molecule has 0 fully saturated rings. The van der Waals surface area contributed by atoms with E-state index in [2.05, 4.69) is 0 Å². The summed E-state index contributed by atoms with van der Waals surface area (Å²) < 4.78 is 10.0. The molecule has 14 heavy (non-hydrogen) atoms. The topological polar surface area (TPSA) is 81.8 Å². The minimum Gasteiger partial charge on any atom is -0.463 e. The lowest BCUT2D eigenvalue weighted by atomic mass is 10.3. The Morgan fingerprint density at radius 2 is 2.21 bits per heavy atom. The van der Waals surface area contributed by atoms with Crippen LogP contribution in [0.25, 0.3) is 0 Å². The van der Waals surface area contributed by atoms with Crippen molar-refractivity contribution >= 4 is 5.97 Å². The van der Waals surface area contributed by atoms with E-state index in [9.17, 15) is 4.79 Å². The van der Waals surface area contributed by atoms with Crippen LogP contribution in [0.5, 0.6) is 0 Å². The molecule has 0 saturated carbocycles. The number of aliphatic hydroxyl groups is 1. The predicted molar refractivity (Wildman–Crippen MR) is 51.7 cm³/mol. The van der Waals surface area contributed by atoms with Gasteiger partial charge in [0, 0.05) is 13.3 Å². The third-order valence-electron chi connectivity index (χ3n) is 1.60. The lowest BCUT2D eigenvalue weighted by Crippen LogP contribution is -2.30. The van der Waals surface area contributed by atoms with Crippen molar-refractivity contribution in [2.24, 2.45) is 5.73 Å². The maximum absolute atomic E-state index is 10.5. The SMILES string of the molecule is CC(=O)O[C@H](C)CCOC[C@@H](N)CO. The Bertz CT molecular complexity index is 163. The molecule has 0 radical (unpaired) electrons. The van der Waals surface area contributed by atoms with Crippen LogP contribution in [0.1, 0.15) is 20.3 Å². The van der Waals surface area contributed by atoms with Crippen LogP contribution >= 0.6 is 0 Å². The Morgan fingerprint density at radius 3 is 2.71 bits per heavy atom. The van der Waals surface area contributed by atoms with E-state index in [1.165, 1.54) is 6.92 Å². The smallest absolute Gasteiger partial charge is 0.302 e. The van der Waals surface area contributed by atoms with E-state index in [-0.39, 0.29) is 24.7 Å². The first-order valence-corrected chi connectivity index (χ1v) is 4.67. The van der Waals surface area contributed by atoms with Crippen molar-refractivity contribution in [2.45, 2.75) is 32.4 Å². The molecule has 0 aliphatic rings. The van der Waals surface area contributed by atoms with E-state index in [0.29, 0.717) is 19.6 Å². The Balaban J connectivity index is 3.31. The molecule has 0 aromatic heterocycles. The fourth-order valence-electron chi connectivity index (χ4n) is 0.879. The van der Waals surface area contributed by atoms with Crippen molar-refractivity contribution in [2.75, 3.05) is 19.8 Å². The second kappa shape index (κ2) is 7.73. The fraction of sp³-hybridized carbons (Fsp3) is 0.889. The van der Waals surface area contributed by atoms with Crippen molar-refractivity contribution in [1.29, 1.82) is 0 Å². The van der Waals surface area contributed by atoms with Gasteiger partial charge >= 0.3 is 5.97 Å². The standard InChI is InChI=1S/C9H19NO4/c1-7(14-8(2)12)3-4-13-6-9(10)5-11/h7,9,11H,3-6,10H2,1-2H3/t7-,9+/m1/s1. The molecule has 84 valence electrons. The van der Waals surface area contributed by atoms with Gasteiger partial charge in [-0.05, 0) is 6.92 Å². The van der Waals surface area contributed by atoms with Crippen LogP contribution in [0.15, 0.2) is 0 Å². The molecular weight excluding hydrogens is 186 g/mol. The highest BCUT2D eigenvalue weighted by Crippen LogP contribution is 1.98. The molecule has 0 aliphatic heterocycles. The Hall–Kier alpha value is -0.650. The van der Waals surface area contributed by atoms with Gasteiger partial charge in [0.2, 0.25) is 0 Å². The summed E-state index contributed by atoms with van der Waals surface area (Å²) in [7, 11) is 0. The summed E-state index contributed by atoms with van der Waals surface area (Å²) in [5.74, 6) is -0.287. The zero-order valence-electron chi connectivity index (χ0n) is 8.73. The Kier molecular flexibility index (Phi) is 7.37. The molecule has 0 aliphatic carbocycles. The van der Waals surface area contributed by atoms with Crippen LogP contribution < -0.4 is 5.73 Å². The van der Waals surface area contributed by atoms with Crippen LogP contribution in [-0.2, 0) is 14.3 Å². The Morgan fingerprint density at radius 1 is 1.57 bits per heavy atom. The van der Waals surface area contributed by atoms with Crippen LogP contribution in [-0.4, -0.2) is 43.0 Å². The van der Waals surface area contributed by atoms with Gasteiger partial charge in [-0.15, -0.1) is 0 Å². The molecule has 5 heteroatoms. The quantitative estimate of drug-likeness (QED) is 0.439. The van der Waals surface area contributed by atoms with E-state index in [1.54, 1.807) is 6.92 Å². The first-order chi connectivity index (χ1) is 6.56. The molecule has 0 amide bonds. The van der Waals surface area contributed by atoms with Gasteiger partial charge in [-0.2, -0.15) is 0 Å². The molecule has 0 aromatic carbocycles. The van der Waals surface area contributed by atoms with E-state index in [4.69, 9.17) is 20.3 Å². The maximum Gasteiger partial charge on any atom is 0.302 e. The molecule has 5 nitrogen and oxygen atoms in total. The van der Waals surface area contributed by atoms with E-state index in [0.717, 1.165) is 0 Å². The van der Waals surface area contributed by atoms with Crippen molar-refractivity contribution in [3.05, 3.63) is 0 Å². The zero-order chi connectivity index (χ0) is 11.0. The van der Waals surface area contributed by atoms with Crippen molar-refractivity contribution in [3.63, 3.8) is 0 Å². The fourth-order valence-corrected chi connectivity index (χ4v) is 0.879. The molecular formula is C9H19NO4. The summed E-state index contributed by atoms with van der Waals surface area (Å²) >= 11 is 0. The van der Waals surface area contributed by atoms with Gasteiger partial charge < -0.3 is 20.3 Å². The molecule has 0 bridgehead atoms. The normalized spacial score (nSPS) is 14.9. The zero-order valence-corrected chi connectivity index (χ0v) is 8.73. The highest BCUT2D eigenvalue weighted by atomic mass is 16.5. The summed E-state index contributed by atoms with van der Waals surface area (Å²) in [6, 6.07) is -0.334. The van der Waals surface area contributed by atoms with Gasteiger partial charge in [0.25, 0.3) is 0 Å². The number of aliphatic hydroxyl groups excluding tert-OH is 1. The van der Waals surface area contributed by atoms with Gasteiger partial charge in [-0.1, -0.05) is 0 Å². The van der Waals surface area contributed by atoms with Crippen molar-refractivity contribution < 1.29 is 19.4 Å². The van der Waals surface area contributed by atoms with Gasteiger partial charge in [0.05, 0.1) is 25.9 Å². The van der Waals surface area contributed by atoms with Crippen LogP contribution in [0.2, 0.25) is 0 Å². The third kappa shape index (κ3) is 7.97. The minimum absolute atomic E-state index is 0.0838. The Labute approximate surface area is 84.2 Å². The molecule has 0 spiro atoms. The highest BCUT2D eigenvalue weighted by molar-refractivity contribution is 5.66. The number of hydrogen-bond donors (Lipinski definition) is 2. The first kappa shape index (κ1) is 13.4. The number of hydrogen-bond acceptors (Lipinski definition) is 5. The summed E-state index contributed by atoms with van der Waals surface area (Å²) in [5, 5.41) is 8.59. The van der Waals surface area contributed by atoms with Crippen molar-refractivity contribution in [3.8, 4) is 0 Å². The first-order valence-electron chi connectivity index (χ1n) is 4.67. The molecule has 0 saturated heterocycles. The average molecular weight is 205 g/mol. The third-order valence-corrected chi connectivity index (χ3v) is 1.60. The molecule has 3 N–H and O–H groups in total. The number of carbonyl (C=O) groups is 1. The second-order valence-corrected chi connectivity index (χ2v) is 3.23. The molecule has 0 unspecified atom stereocenters. The van der Waals surface area contributed by atoms with E-state index in [1.807, 2.05) is 0 Å². The molecule has 2 atom stereocenters. The van der Waals surface area contributed by atoms with E-state index < -0.39 is 0 Å². The molecule has 0 rings (SSSR count). The summed E-state index contributed by atoms with van der Waals surface area (Å²) in [6.07, 6.45) is 0.496. The summed E-state index contributed by atoms with van der Waals surface area (Å²) in [4.78, 5) is 10.5. The average Bonchev–Trinajstić information content (AvgIpc) is 2.10. The monoisotopic (exact) mass is 205 g/mol. The summed E-state index contributed by atoms with van der Waals surface area (Å²) in [6.45, 7) is 3.89. The molecule has 0 heterocycles. The largest absolute Gasteiger partial charge is 0.463 e. The van der Waals surface area contributed by atoms with E-state index >= 15 is 0 Å². The van der Waals surface area contributed by atoms with Crippen LogP contribution in [0.3, 0.4) is 0 Å². The van der Waals surface area contributed by atoms with Crippen molar-refractivity contribution in [1.82, 2.24) is 0 Å². The van der Waals surface area contributed by atoms with Gasteiger partial charge in [-0.25, -0.2) is 0 Å². The van der Waals surface area contributed by atoms with Crippen LogP contribution in [0, 0.1) is 0 Å². The molecule has 0 aromatic rings. The number of ether oxygens (including phenoxy) is 2. The predicted octanol–water partition coefficient (Wildman–Crippen LogP) is -0.336. The minimum atomic E-state index is -0.334. The lowest BCUT2D eigenvalue weighted by molar-refractivity contribution is -0.146. The maximum atomic E-state index is 10.5. The highest BCUT2D eigenvalue weighted by Gasteiger charge is 2.05. The number of nitrogens with two attached hydrogens (primary N) is 1. The lowest BCUT2D eigenvalue weighted by Gasteiger charge is -2.13. The summed E-state index contributed by atoms with van der Waals surface area (Å²) in [5.41, 5.74) is 5.41. The van der Waals surface area contributed by atoms with Crippen LogP contribution in [0.4, 0.5) is 0 Å². The van der Waals surface area contributed by atoms with Gasteiger partial charge in [0.15, 0.2) is 0 Å². The number of rotatable bonds is 7. The van der Waals surface area contributed by atoms with Gasteiger partial charge in [0.1, 0.15) is 6.10 Å².